The van der Waals surface area contributed by atoms with Crippen molar-refractivity contribution in [2.24, 2.45) is 7.05 Å². The van der Waals surface area contributed by atoms with Gasteiger partial charge in [-0.15, -0.1) is 10.2 Å². The zero-order chi connectivity index (χ0) is 30.9. The average molecular weight is 588 g/mol. The predicted octanol–water partition coefficient (Wildman–Crippen LogP) is 4.91. The number of benzene rings is 1. The Hall–Kier alpha value is -4.81. The lowest BCUT2D eigenvalue weighted by Crippen LogP contribution is -2.37. The number of anilines is 2. The van der Waals surface area contributed by atoms with Crippen LogP contribution in [0.2, 0.25) is 0 Å². The zero-order valence-corrected chi connectivity index (χ0v) is 25.5. The molecule has 2 amide bonds. The van der Waals surface area contributed by atoms with E-state index in [0.717, 1.165) is 22.4 Å². The second-order valence-electron chi connectivity index (χ2n) is 12.6. The molecule has 4 aromatic rings. The zero-order valence-electron chi connectivity index (χ0n) is 25.5. The summed E-state index contributed by atoms with van der Waals surface area (Å²) in [5, 5.41) is 18.4. The minimum Gasteiger partial charge on any atom is -0.444 e. The number of hydrogen-bond donors (Lipinski definition) is 2. The summed E-state index contributed by atoms with van der Waals surface area (Å²) < 4.78 is 13.0. The highest BCUT2D eigenvalue weighted by molar-refractivity contribution is 5.89. The molecule has 226 valence electrons. The summed E-state index contributed by atoms with van der Waals surface area (Å²) in [6.45, 7) is 12.0. The van der Waals surface area contributed by atoms with Crippen LogP contribution in [0.3, 0.4) is 0 Å². The van der Waals surface area contributed by atoms with Gasteiger partial charge in [0.2, 0.25) is 11.8 Å². The van der Waals surface area contributed by atoms with E-state index in [1.807, 2.05) is 79.1 Å². The number of aryl methyl sites for hydroxylation is 1. The number of aromatic nitrogens is 6. The van der Waals surface area contributed by atoms with Crippen LogP contribution in [0.5, 0.6) is 0 Å². The van der Waals surface area contributed by atoms with Gasteiger partial charge in [0.05, 0.1) is 23.6 Å². The first-order valence-electron chi connectivity index (χ1n) is 14.1. The molecule has 0 fully saturated rings. The minimum absolute atomic E-state index is 0.106. The third-order valence-corrected chi connectivity index (χ3v) is 6.70. The molecule has 4 heterocycles. The van der Waals surface area contributed by atoms with Crippen LogP contribution < -0.4 is 10.6 Å². The second-order valence-corrected chi connectivity index (χ2v) is 12.6. The van der Waals surface area contributed by atoms with Crippen molar-refractivity contribution in [2.45, 2.75) is 71.6 Å². The van der Waals surface area contributed by atoms with Crippen molar-refractivity contribution in [3.05, 3.63) is 65.8 Å². The lowest BCUT2D eigenvalue weighted by atomic mass is 9.96. The molecule has 1 atom stereocenters. The molecule has 43 heavy (non-hydrogen) atoms. The number of nitrogens with zero attached hydrogens (tertiary/aromatic N) is 7. The molecular weight excluding hydrogens is 550 g/mol. The molecule has 1 aromatic carbocycles. The molecule has 1 aliphatic heterocycles. The summed E-state index contributed by atoms with van der Waals surface area (Å²) in [6.07, 6.45) is 5.24. The molecule has 13 heteroatoms. The quantitative estimate of drug-likeness (QED) is 0.329. The largest absolute Gasteiger partial charge is 0.444 e. The van der Waals surface area contributed by atoms with Gasteiger partial charge in [-0.2, -0.15) is 5.10 Å². The van der Waals surface area contributed by atoms with Crippen molar-refractivity contribution >= 4 is 23.6 Å². The molecule has 3 aromatic heterocycles. The maximum Gasteiger partial charge on any atom is 0.410 e. The van der Waals surface area contributed by atoms with Gasteiger partial charge in [0.1, 0.15) is 5.60 Å². The molecule has 0 radical (unpaired) electrons. The maximum atomic E-state index is 13.2. The monoisotopic (exact) mass is 587 g/mol. The van der Waals surface area contributed by atoms with E-state index >= 15 is 0 Å². The van der Waals surface area contributed by atoms with E-state index in [4.69, 9.17) is 9.15 Å². The van der Waals surface area contributed by atoms with E-state index in [-0.39, 0.29) is 11.3 Å². The van der Waals surface area contributed by atoms with E-state index in [9.17, 15) is 9.59 Å². The fourth-order valence-electron chi connectivity index (χ4n) is 4.63. The number of fused-ring (bicyclic) bond motifs is 1. The normalized spacial score (nSPS) is 15.4. The van der Waals surface area contributed by atoms with Crippen molar-refractivity contribution in [3.63, 3.8) is 0 Å². The van der Waals surface area contributed by atoms with Crippen LogP contribution in [0.25, 0.3) is 11.3 Å². The number of ether oxygens (including phenoxy) is 1. The van der Waals surface area contributed by atoms with Crippen molar-refractivity contribution in [3.8, 4) is 11.3 Å². The smallest absolute Gasteiger partial charge is 0.410 e. The average Bonchev–Trinajstić information content (AvgIpc) is 3.55. The Morgan fingerprint density at radius 3 is 2.56 bits per heavy atom. The topological polar surface area (TPSA) is 153 Å². The van der Waals surface area contributed by atoms with Crippen LogP contribution in [0.4, 0.5) is 16.4 Å². The van der Waals surface area contributed by atoms with Crippen LogP contribution in [0.1, 0.15) is 81.7 Å². The predicted molar refractivity (Wildman–Crippen MR) is 158 cm³/mol. The van der Waals surface area contributed by atoms with E-state index in [0.29, 0.717) is 37.0 Å². The summed E-state index contributed by atoms with van der Waals surface area (Å²) in [5.41, 5.74) is 2.98. The Balaban J connectivity index is 1.45. The molecule has 0 saturated heterocycles. The van der Waals surface area contributed by atoms with Crippen LogP contribution in [-0.4, -0.2) is 59.0 Å². The summed E-state index contributed by atoms with van der Waals surface area (Å²) in [4.78, 5) is 37.0. The van der Waals surface area contributed by atoms with Gasteiger partial charge in [0, 0.05) is 43.5 Å². The highest BCUT2D eigenvalue weighted by Crippen LogP contribution is 2.32. The van der Waals surface area contributed by atoms with E-state index in [2.05, 4.69) is 35.9 Å². The highest BCUT2D eigenvalue weighted by atomic mass is 16.6. The molecule has 1 aliphatic rings. The molecule has 5 rings (SSSR count). The number of hydrogen-bond acceptors (Lipinski definition) is 10. The van der Waals surface area contributed by atoms with Crippen LogP contribution in [-0.2, 0) is 23.7 Å². The molecule has 13 nitrogen and oxygen atoms in total. The molecule has 2 N–H and O–H groups in total. The standard InChI is InChI=1S/C30H37N9O4/c1-29(2,3)26-37-36-25(42-26)24(40)34-23-11-13-39(28(41)43-30(4,5)6)16-19-14-18(8-9-21(19)23)22-10-12-31-27(35-22)33-20-15-32-38(7)17-20/h8-10,12,14-15,17,23H,11,13,16H2,1-7H3,(H,34,40)(H,31,33,35)/t23-/m1/s1. The van der Waals surface area contributed by atoms with Crippen LogP contribution >= 0.6 is 0 Å². The van der Waals surface area contributed by atoms with Gasteiger partial charge >= 0.3 is 17.9 Å². The molecule has 0 unspecified atom stereocenters. The Bertz CT molecular complexity index is 1630. The second kappa shape index (κ2) is 11.5. The first-order valence-corrected chi connectivity index (χ1v) is 14.1. The Kier molecular flexibility index (Phi) is 7.91. The third-order valence-electron chi connectivity index (χ3n) is 6.70. The number of carbonyl (C=O) groups is 2. The van der Waals surface area contributed by atoms with E-state index in [1.54, 1.807) is 22.0 Å². The Morgan fingerprint density at radius 2 is 1.88 bits per heavy atom. The van der Waals surface area contributed by atoms with Gasteiger partial charge in [-0.25, -0.2) is 14.8 Å². The lowest BCUT2D eigenvalue weighted by Gasteiger charge is -2.26. The van der Waals surface area contributed by atoms with Crippen molar-refractivity contribution in [1.82, 2.24) is 40.2 Å². The first kappa shape index (κ1) is 29.7. The van der Waals surface area contributed by atoms with Crippen molar-refractivity contribution in [1.29, 1.82) is 0 Å². The van der Waals surface area contributed by atoms with Gasteiger partial charge in [0.25, 0.3) is 0 Å². The van der Waals surface area contributed by atoms with Gasteiger partial charge < -0.3 is 24.7 Å². The number of carbonyl (C=O) groups excluding carboxylic acids is 2. The van der Waals surface area contributed by atoms with Gasteiger partial charge in [-0.1, -0.05) is 32.9 Å². The molecule has 0 spiro atoms. The molecular formula is C30H37N9O4. The summed E-state index contributed by atoms with van der Waals surface area (Å²) in [7, 11) is 1.83. The third kappa shape index (κ3) is 7.16. The first-order chi connectivity index (χ1) is 20.2. The lowest BCUT2D eigenvalue weighted by molar-refractivity contribution is 0.0234. The Morgan fingerprint density at radius 1 is 1.09 bits per heavy atom. The Labute approximate surface area is 250 Å². The molecule has 0 saturated carbocycles. The molecule has 0 bridgehead atoms. The van der Waals surface area contributed by atoms with Gasteiger partial charge in [-0.3, -0.25) is 9.48 Å². The fraction of sp³-hybridized carbons (Fsp3) is 0.433. The highest BCUT2D eigenvalue weighted by Gasteiger charge is 2.31. The summed E-state index contributed by atoms with van der Waals surface area (Å²) >= 11 is 0. The maximum absolute atomic E-state index is 13.2. The van der Waals surface area contributed by atoms with E-state index in [1.165, 1.54) is 0 Å². The van der Waals surface area contributed by atoms with Crippen LogP contribution in [0, 0.1) is 0 Å². The van der Waals surface area contributed by atoms with Crippen LogP contribution in [0.15, 0.2) is 47.3 Å². The fourth-order valence-corrected chi connectivity index (χ4v) is 4.63. The molecule has 0 aliphatic carbocycles. The summed E-state index contributed by atoms with van der Waals surface area (Å²) in [5.74, 6) is 0.221. The number of amides is 2. The van der Waals surface area contributed by atoms with Gasteiger partial charge in [0.15, 0.2) is 0 Å². The van der Waals surface area contributed by atoms with Gasteiger partial charge in [-0.05, 0) is 50.5 Å². The van der Waals surface area contributed by atoms with Crippen molar-refractivity contribution < 1.29 is 18.7 Å². The minimum atomic E-state index is -0.650. The van der Waals surface area contributed by atoms with Crippen molar-refractivity contribution in [2.75, 3.05) is 11.9 Å². The van der Waals surface area contributed by atoms with E-state index < -0.39 is 23.6 Å². The SMILES string of the molecule is Cn1cc(Nc2nccc(-c3ccc4c(c3)CN(C(=O)OC(C)(C)C)CC[C@H]4NC(=O)c3nnc(C(C)(C)C)o3)n2)cn1. The number of rotatable bonds is 5. The summed E-state index contributed by atoms with van der Waals surface area (Å²) in [6, 6.07) is 7.29. The number of nitrogens with one attached hydrogen (secondary N) is 2.